The van der Waals surface area contributed by atoms with Gasteiger partial charge in [0.2, 0.25) is 0 Å². The first-order valence-corrected chi connectivity index (χ1v) is 11.0. The third-order valence-electron chi connectivity index (χ3n) is 4.68. The zero-order valence-electron chi connectivity index (χ0n) is 18.7. The number of carbonyl (C=O) groups excluding carboxylic acids is 1. The van der Waals surface area contributed by atoms with E-state index in [-0.39, 0.29) is 5.91 Å². The summed E-state index contributed by atoms with van der Waals surface area (Å²) in [7, 11) is 3.52. The lowest BCUT2D eigenvalue weighted by molar-refractivity contribution is 0.0827. The van der Waals surface area contributed by atoms with Crippen molar-refractivity contribution >= 4 is 17.5 Å². The number of halogens is 1. The van der Waals surface area contributed by atoms with Gasteiger partial charge < -0.3 is 9.64 Å². The van der Waals surface area contributed by atoms with Crippen LogP contribution in [0.4, 0.5) is 0 Å². The van der Waals surface area contributed by atoms with Gasteiger partial charge in [0.05, 0.1) is 16.7 Å². The van der Waals surface area contributed by atoms with Crippen molar-refractivity contribution in [1.29, 1.82) is 5.26 Å². The van der Waals surface area contributed by atoms with Crippen molar-refractivity contribution in [2.45, 2.75) is 59.0 Å². The number of hydrogen-bond acceptors (Lipinski definition) is 3. The molecule has 4 nitrogen and oxygen atoms in total. The van der Waals surface area contributed by atoms with Crippen LogP contribution in [0.3, 0.4) is 0 Å². The predicted octanol–water partition coefficient (Wildman–Crippen LogP) is 6.51. The Kier molecular flexibility index (Phi) is 11.6. The molecule has 0 saturated heterocycles. The summed E-state index contributed by atoms with van der Waals surface area (Å²) in [5.41, 5.74) is 2.51. The molecule has 30 heavy (non-hydrogen) atoms. The smallest absolute Gasteiger partial charge is 0.253 e. The molecule has 2 aromatic rings. The molecule has 2 aromatic carbocycles. The van der Waals surface area contributed by atoms with Gasteiger partial charge in [0.25, 0.3) is 5.91 Å². The highest BCUT2D eigenvalue weighted by molar-refractivity contribution is 6.31. The van der Waals surface area contributed by atoms with Crippen LogP contribution >= 0.6 is 11.6 Å². The van der Waals surface area contributed by atoms with Crippen molar-refractivity contribution in [3.8, 4) is 11.8 Å². The van der Waals surface area contributed by atoms with E-state index in [1.165, 1.54) is 18.4 Å². The number of rotatable bonds is 4. The molecule has 0 N–H and O–H groups in total. The van der Waals surface area contributed by atoms with E-state index >= 15 is 0 Å². The van der Waals surface area contributed by atoms with Crippen LogP contribution in [0.25, 0.3) is 0 Å². The first kappa shape index (κ1) is 25.5. The minimum atomic E-state index is 0.0580. The summed E-state index contributed by atoms with van der Waals surface area (Å²) in [6, 6.07) is 15.0. The van der Waals surface area contributed by atoms with Gasteiger partial charge in [-0.2, -0.15) is 5.26 Å². The Morgan fingerprint density at radius 3 is 2.20 bits per heavy atom. The van der Waals surface area contributed by atoms with Gasteiger partial charge in [-0.25, -0.2) is 0 Å². The fraction of sp³-hybridized carbons (Fsp3) is 0.440. The van der Waals surface area contributed by atoms with Gasteiger partial charge in [0.15, 0.2) is 0 Å². The molecule has 0 heterocycles. The second-order valence-corrected chi connectivity index (χ2v) is 7.44. The number of nitrogens with zero attached hydrogens (tertiary/aromatic N) is 2. The van der Waals surface area contributed by atoms with E-state index in [1.54, 1.807) is 31.1 Å². The van der Waals surface area contributed by atoms with Crippen LogP contribution in [0.5, 0.6) is 5.75 Å². The SMILES string of the molecule is CC.CCc1ccc(C(=O)N(C)C)cc1.N#Cc1ccc(OC2CCCC2)cc1Cl. The molecule has 5 heteroatoms. The normalized spacial score (nSPS) is 12.6. The van der Waals surface area contributed by atoms with E-state index in [9.17, 15) is 4.79 Å². The molecule has 162 valence electrons. The van der Waals surface area contributed by atoms with Crippen LogP contribution in [0.15, 0.2) is 42.5 Å². The fourth-order valence-corrected chi connectivity index (χ4v) is 3.21. The summed E-state index contributed by atoms with van der Waals surface area (Å²) in [6.45, 7) is 6.10. The van der Waals surface area contributed by atoms with Crippen LogP contribution < -0.4 is 4.74 Å². The van der Waals surface area contributed by atoms with Gasteiger partial charge in [-0.1, -0.05) is 44.5 Å². The summed E-state index contributed by atoms with van der Waals surface area (Å²) in [4.78, 5) is 13.1. The lowest BCUT2D eigenvalue weighted by Crippen LogP contribution is -2.21. The topological polar surface area (TPSA) is 53.3 Å². The van der Waals surface area contributed by atoms with Crippen LogP contribution in [-0.4, -0.2) is 31.0 Å². The van der Waals surface area contributed by atoms with Gasteiger partial charge >= 0.3 is 0 Å². The summed E-state index contributed by atoms with van der Waals surface area (Å²) in [5, 5.41) is 9.18. The Bertz CT molecular complexity index is 820. The van der Waals surface area contributed by atoms with Crippen LogP contribution in [0.1, 0.15) is 67.9 Å². The standard InChI is InChI=1S/C12H12ClNO.C11H15NO.C2H6/c13-12-7-11(6-5-9(12)8-14)15-10-3-1-2-4-10;1-4-9-5-7-10(8-6-9)11(13)12(2)3;1-2/h5-7,10H,1-4H2;5-8H,4H2,1-3H3;1-2H3. The molecule has 1 aliphatic carbocycles. The molecule has 0 unspecified atom stereocenters. The van der Waals surface area contributed by atoms with Gasteiger partial charge in [0, 0.05) is 25.7 Å². The molecule has 1 fully saturated rings. The Labute approximate surface area is 186 Å². The first-order valence-electron chi connectivity index (χ1n) is 10.6. The Morgan fingerprint density at radius 2 is 1.73 bits per heavy atom. The Morgan fingerprint density at radius 1 is 1.13 bits per heavy atom. The predicted molar refractivity (Wildman–Crippen MR) is 124 cm³/mol. The number of aryl methyl sites for hydroxylation is 1. The monoisotopic (exact) mass is 428 g/mol. The van der Waals surface area contributed by atoms with E-state index in [1.807, 2.05) is 50.2 Å². The average molecular weight is 429 g/mol. The highest BCUT2D eigenvalue weighted by Crippen LogP contribution is 2.27. The van der Waals surface area contributed by atoms with E-state index < -0.39 is 0 Å². The molecule has 1 aliphatic rings. The number of nitriles is 1. The number of amides is 1. The second-order valence-electron chi connectivity index (χ2n) is 7.03. The second kappa shape index (κ2) is 13.7. The third-order valence-corrected chi connectivity index (χ3v) is 4.99. The summed E-state index contributed by atoms with van der Waals surface area (Å²) >= 11 is 5.91. The van der Waals surface area contributed by atoms with Crippen molar-refractivity contribution in [2.24, 2.45) is 0 Å². The summed E-state index contributed by atoms with van der Waals surface area (Å²) < 4.78 is 5.76. The molecule has 1 saturated carbocycles. The first-order chi connectivity index (χ1) is 14.4. The zero-order valence-corrected chi connectivity index (χ0v) is 19.5. The molecule has 0 atom stereocenters. The van der Waals surface area contributed by atoms with Crippen molar-refractivity contribution in [3.63, 3.8) is 0 Å². The Hall–Kier alpha value is -2.51. The van der Waals surface area contributed by atoms with Crippen molar-refractivity contribution < 1.29 is 9.53 Å². The molecule has 0 aliphatic heterocycles. The van der Waals surface area contributed by atoms with E-state index in [4.69, 9.17) is 21.6 Å². The number of benzene rings is 2. The van der Waals surface area contributed by atoms with E-state index in [2.05, 4.69) is 6.92 Å². The maximum absolute atomic E-state index is 11.5. The van der Waals surface area contributed by atoms with E-state index in [0.29, 0.717) is 16.7 Å². The lowest BCUT2D eigenvalue weighted by atomic mass is 10.1. The summed E-state index contributed by atoms with van der Waals surface area (Å²) in [6.07, 6.45) is 6.07. The molecule has 0 aromatic heterocycles. The van der Waals surface area contributed by atoms with Crippen LogP contribution in [0.2, 0.25) is 5.02 Å². The maximum Gasteiger partial charge on any atom is 0.253 e. The average Bonchev–Trinajstić information content (AvgIpc) is 3.28. The van der Waals surface area contributed by atoms with Crippen LogP contribution in [-0.2, 0) is 6.42 Å². The number of ether oxygens (including phenoxy) is 1. The lowest BCUT2D eigenvalue weighted by Gasteiger charge is -2.13. The molecule has 0 radical (unpaired) electrons. The molecular formula is C25H33ClN2O2. The molecular weight excluding hydrogens is 396 g/mol. The Balaban J connectivity index is 0.000000280. The number of hydrogen-bond donors (Lipinski definition) is 0. The van der Waals surface area contributed by atoms with Gasteiger partial charge in [-0.15, -0.1) is 0 Å². The maximum atomic E-state index is 11.5. The molecule has 3 rings (SSSR count). The zero-order chi connectivity index (χ0) is 22.5. The fourth-order valence-electron chi connectivity index (χ4n) is 3.00. The third kappa shape index (κ3) is 8.08. The van der Waals surface area contributed by atoms with Gasteiger partial charge in [-0.05, 0) is 61.9 Å². The highest BCUT2D eigenvalue weighted by Gasteiger charge is 2.16. The van der Waals surface area contributed by atoms with E-state index in [0.717, 1.165) is 30.6 Å². The molecule has 0 bridgehead atoms. The minimum Gasteiger partial charge on any atom is -0.490 e. The summed E-state index contributed by atoms with van der Waals surface area (Å²) in [5.74, 6) is 0.827. The highest BCUT2D eigenvalue weighted by atomic mass is 35.5. The van der Waals surface area contributed by atoms with Gasteiger partial charge in [0.1, 0.15) is 11.8 Å². The van der Waals surface area contributed by atoms with Crippen LogP contribution in [0, 0.1) is 11.3 Å². The van der Waals surface area contributed by atoms with Crippen molar-refractivity contribution in [1.82, 2.24) is 4.90 Å². The largest absolute Gasteiger partial charge is 0.490 e. The minimum absolute atomic E-state index is 0.0580. The van der Waals surface area contributed by atoms with Gasteiger partial charge in [-0.3, -0.25) is 4.79 Å². The number of carbonyl (C=O) groups is 1. The molecule has 0 spiro atoms. The van der Waals surface area contributed by atoms with Crippen molar-refractivity contribution in [3.05, 3.63) is 64.2 Å². The quantitative estimate of drug-likeness (QED) is 0.557. The van der Waals surface area contributed by atoms with Crippen molar-refractivity contribution in [2.75, 3.05) is 14.1 Å². The molecule has 1 amide bonds.